The van der Waals surface area contributed by atoms with Crippen LogP contribution in [-0.2, 0) is 16.6 Å². The van der Waals surface area contributed by atoms with Crippen molar-refractivity contribution in [3.8, 4) is 22.8 Å². The molecule has 2 aromatic heterocycles. The Labute approximate surface area is 144 Å². The maximum absolute atomic E-state index is 11.4. The van der Waals surface area contributed by atoms with E-state index in [1.54, 1.807) is 23.9 Å². The lowest BCUT2D eigenvalue weighted by Gasteiger charge is -2.11. The van der Waals surface area contributed by atoms with Gasteiger partial charge in [-0.15, -0.1) is 0 Å². The molecule has 128 valence electrons. The summed E-state index contributed by atoms with van der Waals surface area (Å²) in [5.41, 5.74) is 2.74. The summed E-state index contributed by atoms with van der Waals surface area (Å²) in [5.74, 6) is -0.123. The molecule has 0 radical (unpaired) electrons. The molecule has 0 aliphatic rings. The maximum Gasteiger partial charge on any atom is 0.308 e. The number of hydrogen-bond acceptors (Lipinski definition) is 6. The molecule has 1 aromatic carbocycles. The van der Waals surface area contributed by atoms with Gasteiger partial charge in [0.2, 0.25) is 0 Å². The highest BCUT2D eigenvalue weighted by Crippen LogP contribution is 2.38. The molecule has 0 bridgehead atoms. The second kappa shape index (κ2) is 6.35. The van der Waals surface area contributed by atoms with Crippen molar-refractivity contribution in [2.75, 3.05) is 0 Å². The fourth-order valence-corrected chi connectivity index (χ4v) is 2.68. The van der Waals surface area contributed by atoms with Crippen LogP contribution in [0.4, 0.5) is 0 Å². The number of nitrogens with zero attached hydrogens (tertiary/aromatic N) is 3. The van der Waals surface area contributed by atoms with Crippen LogP contribution in [-0.4, -0.2) is 26.5 Å². The van der Waals surface area contributed by atoms with E-state index in [1.807, 2.05) is 19.1 Å². The van der Waals surface area contributed by atoms with Gasteiger partial charge in [-0.05, 0) is 19.1 Å². The van der Waals surface area contributed by atoms with Crippen LogP contribution >= 0.6 is 0 Å². The summed E-state index contributed by atoms with van der Waals surface area (Å²) in [6.07, 6.45) is 3.10. The fourth-order valence-electron chi connectivity index (χ4n) is 2.68. The monoisotopic (exact) mass is 339 g/mol. The quantitative estimate of drug-likeness (QED) is 0.539. The van der Waals surface area contributed by atoms with E-state index in [-0.39, 0.29) is 0 Å². The first kappa shape index (κ1) is 16.6. The zero-order chi connectivity index (χ0) is 18.1. The second-order valence-electron chi connectivity index (χ2n) is 5.71. The highest BCUT2D eigenvalue weighted by Gasteiger charge is 2.20. The van der Waals surface area contributed by atoms with E-state index in [0.29, 0.717) is 33.8 Å². The number of aromatic nitrogens is 3. The molecule has 0 atom stereocenters. The SMILES string of the molecule is CC(=O)Oc1ccc(C)cc1-c1ncnc2c1c(OC(C)=O)cn2C. The smallest absolute Gasteiger partial charge is 0.308 e. The lowest BCUT2D eigenvalue weighted by molar-refractivity contribution is -0.132. The maximum atomic E-state index is 11.4. The molecule has 0 aliphatic heterocycles. The van der Waals surface area contributed by atoms with Crippen molar-refractivity contribution in [2.45, 2.75) is 20.8 Å². The molecule has 25 heavy (non-hydrogen) atoms. The number of aryl methyl sites for hydroxylation is 2. The Kier molecular flexibility index (Phi) is 4.22. The Morgan fingerprint density at radius 3 is 2.40 bits per heavy atom. The van der Waals surface area contributed by atoms with Gasteiger partial charge in [-0.3, -0.25) is 9.59 Å². The highest BCUT2D eigenvalue weighted by atomic mass is 16.5. The predicted octanol–water partition coefficient (Wildman–Crippen LogP) is 2.79. The summed E-state index contributed by atoms with van der Waals surface area (Å²) in [5, 5.41) is 0.583. The number of rotatable bonds is 3. The number of hydrogen-bond donors (Lipinski definition) is 0. The fraction of sp³-hybridized carbons (Fsp3) is 0.222. The van der Waals surface area contributed by atoms with Crippen molar-refractivity contribution in [3.05, 3.63) is 36.3 Å². The molecule has 0 N–H and O–H groups in total. The average Bonchev–Trinajstić information content (AvgIpc) is 2.84. The summed E-state index contributed by atoms with van der Waals surface area (Å²) in [6.45, 7) is 4.60. The number of esters is 2. The Hall–Kier alpha value is -3.22. The van der Waals surface area contributed by atoms with Crippen LogP contribution in [0.3, 0.4) is 0 Å². The molecular weight excluding hydrogens is 322 g/mol. The summed E-state index contributed by atoms with van der Waals surface area (Å²) < 4.78 is 12.4. The predicted molar refractivity (Wildman–Crippen MR) is 91.3 cm³/mol. The third kappa shape index (κ3) is 3.21. The molecule has 0 unspecified atom stereocenters. The number of carbonyl (C=O) groups excluding carboxylic acids is 2. The summed E-state index contributed by atoms with van der Waals surface area (Å²) in [6, 6.07) is 5.43. The largest absolute Gasteiger partial charge is 0.426 e. The first-order chi connectivity index (χ1) is 11.9. The van der Waals surface area contributed by atoms with Crippen LogP contribution in [0.15, 0.2) is 30.7 Å². The normalized spacial score (nSPS) is 10.7. The molecule has 0 spiro atoms. The van der Waals surface area contributed by atoms with Crippen molar-refractivity contribution in [1.82, 2.24) is 14.5 Å². The molecule has 3 rings (SSSR count). The van der Waals surface area contributed by atoms with E-state index >= 15 is 0 Å². The zero-order valence-electron chi connectivity index (χ0n) is 14.4. The van der Waals surface area contributed by atoms with Crippen LogP contribution in [0.1, 0.15) is 19.4 Å². The topological polar surface area (TPSA) is 83.3 Å². The van der Waals surface area contributed by atoms with E-state index in [2.05, 4.69) is 9.97 Å². The van der Waals surface area contributed by atoms with Gasteiger partial charge in [0.1, 0.15) is 17.7 Å². The lowest BCUT2D eigenvalue weighted by Crippen LogP contribution is -2.04. The van der Waals surface area contributed by atoms with Gasteiger partial charge in [-0.25, -0.2) is 9.97 Å². The van der Waals surface area contributed by atoms with Crippen molar-refractivity contribution >= 4 is 23.0 Å². The Morgan fingerprint density at radius 2 is 1.72 bits per heavy atom. The van der Waals surface area contributed by atoms with Crippen LogP contribution in [0.2, 0.25) is 0 Å². The Morgan fingerprint density at radius 1 is 1.04 bits per heavy atom. The average molecular weight is 339 g/mol. The standard InChI is InChI=1S/C18H17N3O4/c1-10-5-6-14(24-11(2)22)13(7-10)17-16-15(25-12(3)23)8-21(4)18(16)20-9-19-17/h5-9H,1-4H3. The van der Waals surface area contributed by atoms with Crippen LogP contribution in [0.25, 0.3) is 22.3 Å². The molecule has 0 fully saturated rings. The lowest BCUT2D eigenvalue weighted by atomic mass is 10.0. The molecule has 2 heterocycles. The van der Waals surface area contributed by atoms with Gasteiger partial charge >= 0.3 is 11.9 Å². The van der Waals surface area contributed by atoms with Gasteiger partial charge in [0.05, 0.1) is 11.1 Å². The van der Waals surface area contributed by atoms with Gasteiger partial charge in [-0.2, -0.15) is 0 Å². The molecule has 7 heteroatoms. The highest BCUT2D eigenvalue weighted by molar-refractivity contribution is 5.99. The van der Waals surface area contributed by atoms with Crippen LogP contribution < -0.4 is 9.47 Å². The molecule has 0 saturated carbocycles. The molecular formula is C18H17N3O4. The minimum absolute atomic E-state index is 0.357. The van der Waals surface area contributed by atoms with Gasteiger partial charge < -0.3 is 14.0 Å². The third-order valence-electron chi connectivity index (χ3n) is 3.62. The number of benzene rings is 1. The zero-order valence-corrected chi connectivity index (χ0v) is 14.4. The molecule has 3 aromatic rings. The van der Waals surface area contributed by atoms with Crippen LogP contribution in [0.5, 0.6) is 11.5 Å². The number of ether oxygens (including phenoxy) is 2. The summed E-state index contributed by atoms with van der Waals surface area (Å²) in [7, 11) is 1.80. The first-order valence-electron chi connectivity index (χ1n) is 7.64. The number of fused-ring (bicyclic) bond motifs is 1. The molecule has 0 aliphatic carbocycles. The third-order valence-corrected chi connectivity index (χ3v) is 3.62. The van der Waals surface area contributed by atoms with Crippen LogP contribution in [0, 0.1) is 6.92 Å². The summed E-state index contributed by atoms with van der Waals surface area (Å²) in [4.78, 5) is 31.5. The van der Waals surface area contributed by atoms with E-state index < -0.39 is 11.9 Å². The molecule has 0 amide bonds. The van der Waals surface area contributed by atoms with E-state index in [0.717, 1.165) is 5.56 Å². The minimum atomic E-state index is -0.438. The summed E-state index contributed by atoms with van der Waals surface area (Å²) >= 11 is 0. The van der Waals surface area contributed by atoms with Crippen molar-refractivity contribution < 1.29 is 19.1 Å². The minimum Gasteiger partial charge on any atom is -0.426 e. The molecule has 0 saturated heterocycles. The first-order valence-corrected chi connectivity index (χ1v) is 7.64. The number of carbonyl (C=O) groups is 2. The second-order valence-corrected chi connectivity index (χ2v) is 5.71. The van der Waals surface area contributed by atoms with Crippen molar-refractivity contribution in [3.63, 3.8) is 0 Å². The van der Waals surface area contributed by atoms with E-state index in [4.69, 9.17) is 9.47 Å². The van der Waals surface area contributed by atoms with Gasteiger partial charge in [0.15, 0.2) is 5.75 Å². The Bertz CT molecular complexity index is 991. The van der Waals surface area contributed by atoms with E-state index in [9.17, 15) is 9.59 Å². The van der Waals surface area contributed by atoms with Crippen molar-refractivity contribution in [1.29, 1.82) is 0 Å². The van der Waals surface area contributed by atoms with E-state index in [1.165, 1.54) is 20.2 Å². The Balaban J connectivity index is 2.31. The van der Waals surface area contributed by atoms with Gasteiger partial charge in [0.25, 0.3) is 0 Å². The van der Waals surface area contributed by atoms with Gasteiger partial charge in [-0.1, -0.05) is 11.6 Å². The van der Waals surface area contributed by atoms with Crippen molar-refractivity contribution in [2.24, 2.45) is 7.05 Å². The van der Waals surface area contributed by atoms with Gasteiger partial charge in [0, 0.05) is 32.7 Å². The molecule has 7 nitrogen and oxygen atoms in total.